The molecule has 1 amide bonds. The fraction of sp³-hybridized carbons (Fsp3) is 0.462. The zero-order chi connectivity index (χ0) is 13.4. The SMILES string of the molecule is CCOC(=O)CN(C)C(=O)CCc1cccnc1. The summed E-state index contributed by atoms with van der Waals surface area (Å²) in [6.07, 6.45) is 4.41. The molecule has 0 saturated carbocycles. The lowest BCUT2D eigenvalue weighted by Gasteiger charge is -2.15. The van der Waals surface area contributed by atoms with Crippen LogP contribution >= 0.6 is 0 Å². The molecule has 1 heterocycles. The van der Waals surface area contributed by atoms with Gasteiger partial charge in [0.1, 0.15) is 6.54 Å². The highest BCUT2D eigenvalue weighted by molar-refractivity contribution is 5.81. The van der Waals surface area contributed by atoms with Gasteiger partial charge in [0.2, 0.25) is 5.91 Å². The Balaban J connectivity index is 2.34. The summed E-state index contributed by atoms with van der Waals surface area (Å²) < 4.78 is 4.78. The smallest absolute Gasteiger partial charge is 0.325 e. The zero-order valence-corrected chi connectivity index (χ0v) is 10.8. The second-order valence-corrected chi connectivity index (χ2v) is 3.92. The molecule has 0 aliphatic rings. The summed E-state index contributed by atoms with van der Waals surface area (Å²) in [7, 11) is 1.60. The average Bonchev–Trinajstić information content (AvgIpc) is 2.37. The van der Waals surface area contributed by atoms with Gasteiger partial charge >= 0.3 is 5.97 Å². The number of amides is 1. The monoisotopic (exact) mass is 250 g/mol. The second kappa shape index (κ2) is 7.42. The van der Waals surface area contributed by atoms with Gasteiger partial charge in [-0.25, -0.2) is 0 Å². The molecule has 0 N–H and O–H groups in total. The number of hydrogen-bond donors (Lipinski definition) is 0. The summed E-state index contributed by atoms with van der Waals surface area (Å²) in [5.74, 6) is -0.457. The molecule has 0 aliphatic carbocycles. The third kappa shape index (κ3) is 4.95. The second-order valence-electron chi connectivity index (χ2n) is 3.92. The van der Waals surface area contributed by atoms with Crippen molar-refractivity contribution in [2.24, 2.45) is 0 Å². The topological polar surface area (TPSA) is 59.5 Å². The number of hydrogen-bond acceptors (Lipinski definition) is 4. The van der Waals surface area contributed by atoms with Crippen molar-refractivity contribution < 1.29 is 14.3 Å². The first kappa shape index (κ1) is 14.2. The predicted molar refractivity (Wildman–Crippen MR) is 66.8 cm³/mol. The van der Waals surface area contributed by atoms with E-state index in [4.69, 9.17) is 4.74 Å². The number of likely N-dealkylation sites (N-methyl/N-ethyl adjacent to an activating group) is 1. The highest BCUT2D eigenvalue weighted by Crippen LogP contribution is 2.02. The molecule has 1 aromatic rings. The Hall–Kier alpha value is -1.91. The Morgan fingerprint density at radius 1 is 1.44 bits per heavy atom. The zero-order valence-electron chi connectivity index (χ0n) is 10.8. The van der Waals surface area contributed by atoms with Crippen molar-refractivity contribution in [1.82, 2.24) is 9.88 Å². The first-order valence-electron chi connectivity index (χ1n) is 5.92. The van der Waals surface area contributed by atoms with Gasteiger partial charge < -0.3 is 9.64 Å². The van der Waals surface area contributed by atoms with Crippen LogP contribution in [0, 0.1) is 0 Å². The highest BCUT2D eigenvalue weighted by Gasteiger charge is 2.13. The first-order chi connectivity index (χ1) is 8.63. The predicted octanol–water partition coefficient (Wildman–Crippen LogP) is 1.04. The molecule has 0 aliphatic heterocycles. The van der Waals surface area contributed by atoms with Crippen molar-refractivity contribution in [2.45, 2.75) is 19.8 Å². The van der Waals surface area contributed by atoms with Crippen LogP contribution in [0.2, 0.25) is 0 Å². The van der Waals surface area contributed by atoms with E-state index >= 15 is 0 Å². The molecule has 1 aromatic heterocycles. The molecule has 5 heteroatoms. The van der Waals surface area contributed by atoms with E-state index in [1.165, 1.54) is 4.90 Å². The Kier molecular flexibility index (Phi) is 5.84. The van der Waals surface area contributed by atoms with Crippen LogP contribution in [0.5, 0.6) is 0 Å². The third-order valence-electron chi connectivity index (χ3n) is 2.45. The lowest BCUT2D eigenvalue weighted by atomic mass is 10.1. The quantitative estimate of drug-likeness (QED) is 0.708. The normalized spacial score (nSPS) is 9.89. The van der Waals surface area contributed by atoms with Crippen molar-refractivity contribution in [3.63, 3.8) is 0 Å². The van der Waals surface area contributed by atoms with Crippen LogP contribution in [0.3, 0.4) is 0 Å². The lowest BCUT2D eigenvalue weighted by Crippen LogP contribution is -2.33. The largest absolute Gasteiger partial charge is 0.465 e. The summed E-state index contributed by atoms with van der Waals surface area (Å²) in [6, 6.07) is 3.76. The summed E-state index contributed by atoms with van der Waals surface area (Å²) in [5.41, 5.74) is 1.01. The number of carbonyl (C=O) groups excluding carboxylic acids is 2. The molecule has 0 aromatic carbocycles. The molecule has 18 heavy (non-hydrogen) atoms. The van der Waals surface area contributed by atoms with Crippen LogP contribution < -0.4 is 0 Å². The number of aryl methyl sites for hydroxylation is 1. The first-order valence-corrected chi connectivity index (χ1v) is 5.92. The van der Waals surface area contributed by atoms with Gasteiger partial charge in [-0.1, -0.05) is 6.07 Å². The fourth-order valence-electron chi connectivity index (χ4n) is 1.48. The number of ether oxygens (including phenoxy) is 1. The standard InChI is InChI=1S/C13H18N2O3/c1-3-18-13(17)10-15(2)12(16)7-6-11-5-4-8-14-9-11/h4-5,8-9H,3,6-7,10H2,1-2H3. The van der Waals surface area contributed by atoms with E-state index in [0.717, 1.165) is 5.56 Å². The average molecular weight is 250 g/mol. The van der Waals surface area contributed by atoms with Crippen molar-refractivity contribution >= 4 is 11.9 Å². The molecule has 0 fully saturated rings. The van der Waals surface area contributed by atoms with E-state index in [1.54, 1.807) is 26.4 Å². The molecule has 0 spiro atoms. The Bertz CT molecular complexity index is 392. The molecule has 0 bridgehead atoms. The van der Waals surface area contributed by atoms with Gasteiger partial charge in [0.15, 0.2) is 0 Å². The van der Waals surface area contributed by atoms with Gasteiger partial charge in [-0.2, -0.15) is 0 Å². The Morgan fingerprint density at radius 2 is 2.22 bits per heavy atom. The molecule has 0 atom stereocenters. The lowest BCUT2D eigenvalue weighted by molar-refractivity contribution is -0.148. The number of rotatable bonds is 6. The Morgan fingerprint density at radius 3 is 2.83 bits per heavy atom. The number of esters is 1. The van der Waals surface area contributed by atoms with Crippen molar-refractivity contribution in [3.05, 3.63) is 30.1 Å². The van der Waals surface area contributed by atoms with E-state index in [0.29, 0.717) is 19.4 Å². The van der Waals surface area contributed by atoms with Gasteiger partial charge in [-0.3, -0.25) is 14.6 Å². The van der Waals surface area contributed by atoms with E-state index in [9.17, 15) is 9.59 Å². The van der Waals surface area contributed by atoms with Crippen LogP contribution in [0.15, 0.2) is 24.5 Å². The molecule has 0 saturated heterocycles. The molecule has 0 radical (unpaired) electrons. The van der Waals surface area contributed by atoms with Crippen LogP contribution in [0.4, 0.5) is 0 Å². The minimum Gasteiger partial charge on any atom is -0.465 e. The summed E-state index contributed by atoms with van der Waals surface area (Å²) in [5, 5.41) is 0. The molecule has 0 unspecified atom stereocenters. The molecule has 98 valence electrons. The van der Waals surface area contributed by atoms with E-state index in [-0.39, 0.29) is 18.4 Å². The van der Waals surface area contributed by atoms with E-state index < -0.39 is 0 Å². The number of nitrogens with zero attached hydrogens (tertiary/aromatic N) is 2. The van der Waals surface area contributed by atoms with Crippen molar-refractivity contribution in [3.8, 4) is 0 Å². The maximum absolute atomic E-state index is 11.8. The van der Waals surface area contributed by atoms with Gasteiger partial charge in [0.05, 0.1) is 6.61 Å². The fourth-order valence-corrected chi connectivity index (χ4v) is 1.48. The summed E-state index contributed by atoms with van der Waals surface area (Å²) >= 11 is 0. The molecule has 1 rings (SSSR count). The van der Waals surface area contributed by atoms with E-state index in [1.807, 2.05) is 12.1 Å². The van der Waals surface area contributed by atoms with Crippen LogP contribution in [0.1, 0.15) is 18.9 Å². The highest BCUT2D eigenvalue weighted by atomic mass is 16.5. The van der Waals surface area contributed by atoms with Crippen LogP contribution in [-0.4, -0.2) is 42.0 Å². The van der Waals surface area contributed by atoms with Crippen LogP contribution in [0.25, 0.3) is 0 Å². The van der Waals surface area contributed by atoms with Gasteiger partial charge in [0.25, 0.3) is 0 Å². The number of carbonyl (C=O) groups is 2. The van der Waals surface area contributed by atoms with E-state index in [2.05, 4.69) is 4.98 Å². The maximum Gasteiger partial charge on any atom is 0.325 e. The minimum absolute atomic E-state index is 0.000285. The third-order valence-corrected chi connectivity index (χ3v) is 2.45. The Labute approximate surface area is 107 Å². The van der Waals surface area contributed by atoms with Crippen LogP contribution in [-0.2, 0) is 20.7 Å². The minimum atomic E-state index is -0.380. The maximum atomic E-state index is 11.8. The molecular weight excluding hydrogens is 232 g/mol. The van der Waals surface area contributed by atoms with Crippen molar-refractivity contribution in [2.75, 3.05) is 20.2 Å². The summed E-state index contributed by atoms with van der Waals surface area (Å²) in [6.45, 7) is 2.07. The molecular formula is C13H18N2O3. The number of pyridine rings is 1. The van der Waals surface area contributed by atoms with Gasteiger partial charge in [-0.15, -0.1) is 0 Å². The van der Waals surface area contributed by atoms with Crippen molar-refractivity contribution in [1.29, 1.82) is 0 Å². The van der Waals surface area contributed by atoms with Gasteiger partial charge in [-0.05, 0) is 25.0 Å². The molecule has 5 nitrogen and oxygen atoms in total. The summed E-state index contributed by atoms with van der Waals surface area (Å²) in [4.78, 5) is 28.3. The number of aromatic nitrogens is 1. The van der Waals surface area contributed by atoms with Gasteiger partial charge in [0, 0.05) is 25.9 Å².